The molecule has 3 N–H and O–H groups in total. The van der Waals surface area contributed by atoms with Crippen molar-refractivity contribution in [1.82, 2.24) is 10.3 Å². The van der Waals surface area contributed by atoms with Gasteiger partial charge in [0.05, 0.1) is 0 Å². The Bertz CT molecular complexity index is 829. The van der Waals surface area contributed by atoms with Crippen LogP contribution in [0, 0.1) is 23.2 Å². The molecule has 6 heteroatoms. The van der Waals surface area contributed by atoms with E-state index in [0.717, 1.165) is 16.5 Å². The fraction of sp³-hybridized carbons (Fsp3) is 0.556. The third-order valence-electron chi connectivity index (χ3n) is 6.53. The Morgan fingerprint density at radius 3 is 2.83 bits per heavy atom. The van der Waals surface area contributed by atoms with Crippen molar-refractivity contribution in [3.05, 3.63) is 29.2 Å². The smallest absolute Gasteiger partial charge is 0.267 e. The summed E-state index contributed by atoms with van der Waals surface area (Å²) in [5.74, 6) is 1.77. The molecule has 2 aromatic rings. The molecule has 0 aliphatic heterocycles. The lowest BCUT2D eigenvalue weighted by Gasteiger charge is -2.62. The predicted octanol–water partition coefficient (Wildman–Crippen LogP) is 3.15. The fourth-order valence-electron chi connectivity index (χ4n) is 4.83. The minimum Gasteiger partial charge on any atom is -0.348 e. The fourth-order valence-corrected chi connectivity index (χ4v) is 5.09. The van der Waals surface area contributed by atoms with E-state index >= 15 is 0 Å². The van der Waals surface area contributed by atoms with Gasteiger partial charge in [-0.15, -0.1) is 0 Å². The van der Waals surface area contributed by atoms with E-state index in [0.29, 0.717) is 39.4 Å². The highest BCUT2D eigenvalue weighted by molar-refractivity contribution is 6.35. The molecule has 2 aromatic heterocycles. The molecule has 24 heavy (non-hydrogen) atoms. The molecule has 0 unspecified atom stereocenters. The van der Waals surface area contributed by atoms with Gasteiger partial charge in [-0.3, -0.25) is 10.0 Å². The molecular weight excluding hydrogens is 326 g/mol. The number of amides is 1. The van der Waals surface area contributed by atoms with Crippen LogP contribution in [-0.2, 0) is 0 Å². The van der Waals surface area contributed by atoms with Gasteiger partial charge in [-0.1, -0.05) is 32.4 Å². The van der Waals surface area contributed by atoms with Crippen LogP contribution in [0.2, 0.25) is 5.02 Å². The molecule has 0 aromatic carbocycles. The van der Waals surface area contributed by atoms with Crippen LogP contribution in [0.4, 0.5) is 0 Å². The molecule has 3 saturated carbocycles. The number of hydrogen-bond acceptors (Lipinski definition) is 2. The molecule has 1 amide bonds. The van der Waals surface area contributed by atoms with Crippen molar-refractivity contribution in [3.8, 4) is 0 Å². The highest BCUT2D eigenvalue weighted by Gasteiger charge is 2.56. The molecule has 0 radical (unpaired) electrons. The molecule has 2 heterocycles. The summed E-state index contributed by atoms with van der Waals surface area (Å²) in [5.41, 5.74) is 1.52. The van der Waals surface area contributed by atoms with E-state index in [2.05, 4.69) is 31.1 Å². The van der Waals surface area contributed by atoms with Crippen LogP contribution in [0.1, 0.15) is 44.1 Å². The minimum absolute atomic E-state index is 0.109. The van der Waals surface area contributed by atoms with Gasteiger partial charge in [0, 0.05) is 16.2 Å². The second kappa shape index (κ2) is 5.12. The molecular formula is C18H23ClN3O2+. The van der Waals surface area contributed by atoms with Crippen LogP contribution in [-0.4, -0.2) is 22.1 Å². The molecule has 0 saturated heterocycles. The maximum absolute atomic E-state index is 12.7. The Labute approximate surface area is 146 Å². The van der Waals surface area contributed by atoms with Crippen LogP contribution < -0.4 is 10.0 Å². The van der Waals surface area contributed by atoms with Crippen LogP contribution in [0.15, 0.2) is 18.5 Å². The van der Waals surface area contributed by atoms with Crippen molar-refractivity contribution in [2.24, 2.45) is 23.2 Å². The summed E-state index contributed by atoms with van der Waals surface area (Å²) in [6.45, 7) is 6.96. The number of H-pyrrole nitrogens is 1. The van der Waals surface area contributed by atoms with Crippen molar-refractivity contribution in [2.75, 3.05) is 0 Å². The van der Waals surface area contributed by atoms with E-state index in [1.807, 2.05) is 0 Å². The lowest BCUT2D eigenvalue weighted by molar-refractivity contribution is -0.903. The standard InChI is InChI=1S/C18H22ClN3O2/c1-9-12-4-10(18(12,2)3)5-14(9)21-17(23)15-6-11-13(19)7-22(24)8-16(11)20-15/h6-10,12,14,24H,4-5H2,1-3H3,(H,21,23)/p+1/t9-,10+,12-,14-/m0/s1. The SMILES string of the molecule is C[C@@H]1[C@@H](NC(=O)c2cc3c(Cl)c[n+](O)cc3[nH]2)C[C@H]2C[C@@H]1C2(C)C. The van der Waals surface area contributed by atoms with Gasteiger partial charge in [-0.25, -0.2) is 0 Å². The van der Waals surface area contributed by atoms with Gasteiger partial charge in [0.1, 0.15) is 16.2 Å². The maximum atomic E-state index is 12.7. The third kappa shape index (κ3) is 2.21. The lowest BCUT2D eigenvalue weighted by Crippen LogP contribution is -2.60. The highest BCUT2D eigenvalue weighted by Crippen LogP contribution is 2.61. The number of halogens is 1. The first-order valence-electron chi connectivity index (χ1n) is 8.51. The summed E-state index contributed by atoms with van der Waals surface area (Å²) in [7, 11) is 0. The van der Waals surface area contributed by atoms with Crippen molar-refractivity contribution < 1.29 is 14.7 Å². The average Bonchev–Trinajstić information content (AvgIpc) is 2.93. The van der Waals surface area contributed by atoms with Crippen molar-refractivity contribution in [1.29, 1.82) is 0 Å². The number of carbonyl (C=O) groups is 1. The summed E-state index contributed by atoms with van der Waals surface area (Å²) in [6, 6.07) is 1.96. The van der Waals surface area contributed by atoms with Crippen molar-refractivity contribution in [2.45, 2.75) is 39.7 Å². The molecule has 0 spiro atoms. The number of nitrogens with one attached hydrogen (secondary N) is 2. The maximum Gasteiger partial charge on any atom is 0.267 e. The number of fused-ring (bicyclic) bond motifs is 3. The summed E-state index contributed by atoms with van der Waals surface area (Å²) >= 11 is 6.12. The number of aromatic amines is 1. The Morgan fingerprint density at radius 1 is 1.42 bits per heavy atom. The molecule has 128 valence electrons. The molecule has 5 rings (SSSR count). The monoisotopic (exact) mass is 348 g/mol. The summed E-state index contributed by atoms with van der Waals surface area (Å²) < 4.78 is 0.891. The zero-order chi connectivity index (χ0) is 17.2. The summed E-state index contributed by atoms with van der Waals surface area (Å²) in [5, 5.41) is 13.9. The van der Waals surface area contributed by atoms with Crippen LogP contribution in [0.3, 0.4) is 0 Å². The third-order valence-corrected chi connectivity index (χ3v) is 6.83. The predicted molar refractivity (Wildman–Crippen MR) is 91.1 cm³/mol. The molecule has 3 fully saturated rings. The van der Waals surface area contributed by atoms with Gasteiger partial charge in [0.2, 0.25) is 12.4 Å². The van der Waals surface area contributed by atoms with Gasteiger partial charge in [-0.2, -0.15) is 0 Å². The topological polar surface area (TPSA) is 69.0 Å². The normalized spacial score (nSPS) is 30.8. The van der Waals surface area contributed by atoms with Crippen molar-refractivity contribution in [3.63, 3.8) is 0 Å². The number of pyridine rings is 1. The number of carbonyl (C=O) groups excluding carboxylic acids is 1. The molecule has 4 atom stereocenters. The molecule has 2 bridgehead atoms. The summed E-state index contributed by atoms with van der Waals surface area (Å²) in [6.07, 6.45) is 5.24. The second-order valence-corrected chi connectivity index (χ2v) is 8.44. The van der Waals surface area contributed by atoms with Crippen LogP contribution >= 0.6 is 11.6 Å². The molecule has 3 aliphatic carbocycles. The van der Waals surface area contributed by atoms with E-state index in [1.165, 1.54) is 18.8 Å². The quantitative estimate of drug-likeness (QED) is 0.576. The first-order chi connectivity index (χ1) is 11.3. The van der Waals surface area contributed by atoms with E-state index < -0.39 is 0 Å². The average molecular weight is 349 g/mol. The number of rotatable bonds is 2. The summed E-state index contributed by atoms with van der Waals surface area (Å²) in [4.78, 5) is 15.7. The zero-order valence-electron chi connectivity index (χ0n) is 14.1. The van der Waals surface area contributed by atoms with E-state index in [9.17, 15) is 10.0 Å². The van der Waals surface area contributed by atoms with E-state index in [4.69, 9.17) is 11.6 Å². The highest BCUT2D eigenvalue weighted by atomic mass is 35.5. The van der Waals surface area contributed by atoms with E-state index in [-0.39, 0.29) is 11.9 Å². The second-order valence-electron chi connectivity index (χ2n) is 8.03. The number of nitrogens with zero attached hydrogens (tertiary/aromatic N) is 1. The van der Waals surface area contributed by atoms with E-state index in [1.54, 1.807) is 6.07 Å². The molecule has 5 nitrogen and oxygen atoms in total. The van der Waals surface area contributed by atoms with Gasteiger partial charge in [0.25, 0.3) is 5.91 Å². The first-order valence-corrected chi connectivity index (χ1v) is 8.89. The van der Waals surface area contributed by atoms with Crippen LogP contribution in [0.5, 0.6) is 0 Å². The lowest BCUT2D eigenvalue weighted by atomic mass is 9.45. The Hall–Kier alpha value is -1.75. The van der Waals surface area contributed by atoms with Crippen molar-refractivity contribution >= 4 is 28.4 Å². The Morgan fingerprint density at radius 2 is 2.17 bits per heavy atom. The first kappa shape index (κ1) is 15.8. The molecule has 3 aliphatic rings. The minimum atomic E-state index is -0.109. The van der Waals surface area contributed by atoms with Gasteiger partial charge >= 0.3 is 0 Å². The zero-order valence-corrected chi connectivity index (χ0v) is 14.9. The van der Waals surface area contributed by atoms with Gasteiger partial charge in [-0.05, 0) is 42.1 Å². The Balaban J connectivity index is 1.54. The Kier molecular flexibility index (Phi) is 3.36. The van der Waals surface area contributed by atoms with Gasteiger partial charge < -0.3 is 10.3 Å². The van der Waals surface area contributed by atoms with Crippen LogP contribution in [0.25, 0.3) is 10.9 Å². The largest absolute Gasteiger partial charge is 0.348 e. The number of hydrogen-bond donors (Lipinski definition) is 3. The van der Waals surface area contributed by atoms with Gasteiger partial charge in [0.15, 0.2) is 0 Å². The number of aromatic nitrogens is 2.